The number of para-hydroxylation sites is 2. The molecule has 1 fully saturated rings. The predicted octanol–water partition coefficient (Wildman–Crippen LogP) is 0.434. The summed E-state index contributed by atoms with van der Waals surface area (Å²) >= 11 is 0. The summed E-state index contributed by atoms with van der Waals surface area (Å²) in [7, 11) is -3.40. The van der Waals surface area contributed by atoms with E-state index in [4.69, 9.17) is 15.6 Å². The number of aliphatic hydroxyl groups is 1. The Labute approximate surface area is 119 Å². The van der Waals surface area contributed by atoms with Crippen LogP contribution in [0.5, 0.6) is 5.75 Å². The van der Waals surface area contributed by atoms with Gasteiger partial charge in [-0.1, -0.05) is 12.1 Å². The van der Waals surface area contributed by atoms with Crippen molar-refractivity contribution in [3.05, 3.63) is 24.3 Å². The molecule has 6 nitrogen and oxygen atoms in total. The van der Waals surface area contributed by atoms with Crippen molar-refractivity contribution in [3.8, 4) is 5.75 Å². The molecule has 0 spiro atoms. The Balaban J connectivity index is 1.90. The van der Waals surface area contributed by atoms with E-state index in [0.29, 0.717) is 11.4 Å². The highest BCUT2D eigenvalue weighted by molar-refractivity contribution is 7.89. The molecule has 0 amide bonds. The Morgan fingerprint density at radius 2 is 2.05 bits per heavy atom. The van der Waals surface area contributed by atoms with Crippen LogP contribution in [0.25, 0.3) is 0 Å². The number of sulfonamides is 1. The number of nitrogens with two attached hydrogens (primary N) is 1. The molecule has 3 N–H and O–H groups in total. The summed E-state index contributed by atoms with van der Waals surface area (Å²) in [4.78, 5) is 0. The Bertz CT molecular complexity index is 543. The second-order valence-electron chi connectivity index (χ2n) is 4.77. The molecule has 20 heavy (non-hydrogen) atoms. The lowest BCUT2D eigenvalue weighted by molar-refractivity contribution is 0.249. The third-order valence-corrected chi connectivity index (χ3v) is 5.03. The van der Waals surface area contributed by atoms with Crippen LogP contribution >= 0.6 is 0 Å². The first-order valence-electron chi connectivity index (χ1n) is 6.62. The number of ether oxygens (including phenoxy) is 1. The molecule has 0 atom stereocenters. The quantitative estimate of drug-likeness (QED) is 0.679. The van der Waals surface area contributed by atoms with Gasteiger partial charge in [-0.05, 0) is 25.0 Å². The molecule has 1 aromatic rings. The minimum atomic E-state index is -3.40. The Hall–Kier alpha value is -1.31. The minimum absolute atomic E-state index is 0.0468. The molecule has 0 bridgehead atoms. The lowest BCUT2D eigenvalue weighted by Gasteiger charge is -2.20. The number of nitrogens with zero attached hydrogens (tertiary/aromatic N) is 1. The first-order chi connectivity index (χ1) is 9.54. The summed E-state index contributed by atoms with van der Waals surface area (Å²) in [5.74, 6) is 0.375. The van der Waals surface area contributed by atoms with Crippen LogP contribution < -0.4 is 10.5 Å². The van der Waals surface area contributed by atoms with Crippen molar-refractivity contribution < 1.29 is 18.3 Å². The molecule has 2 rings (SSSR count). The number of hydrogen-bond donors (Lipinski definition) is 2. The molecule has 0 saturated heterocycles. The molecule has 1 aromatic carbocycles. The van der Waals surface area contributed by atoms with Crippen LogP contribution in [0.15, 0.2) is 24.3 Å². The molecule has 0 aromatic heterocycles. The molecule has 0 heterocycles. The maximum Gasteiger partial charge on any atom is 0.217 e. The topological polar surface area (TPSA) is 92.9 Å². The van der Waals surface area contributed by atoms with Crippen LogP contribution in [0.1, 0.15) is 12.8 Å². The van der Waals surface area contributed by atoms with Gasteiger partial charge in [0.2, 0.25) is 10.0 Å². The van der Waals surface area contributed by atoms with Gasteiger partial charge in [-0.2, -0.15) is 4.31 Å². The second-order valence-corrected chi connectivity index (χ2v) is 6.81. The van der Waals surface area contributed by atoms with E-state index in [0.717, 1.165) is 12.8 Å². The second kappa shape index (κ2) is 6.43. The fraction of sp³-hybridized carbons (Fsp3) is 0.538. The molecule has 112 valence electrons. The molecule has 0 aliphatic heterocycles. The van der Waals surface area contributed by atoms with Crippen molar-refractivity contribution in [2.24, 2.45) is 0 Å². The molecular weight excluding hydrogens is 280 g/mol. The fourth-order valence-corrected chi connectivity index (χ4v) is 3.55. The highest BCUT2D eigenvalue weighted by Crippen LogP contribution is 2.29. The van der Waals surface area contributed by atoms with E-state index in [1.54, 1.807) is 24.3 Å². The van der Waals surface area contributed by atoms with Gasteiger partial charge in [-0.25, -0.2) is 8.42 Å². The highest BCUT2D eigenvalue weighted by Gasteiger charge is 2.36. The maximum atomic E-state index is 12.2. The fourth-order valence-electron chi connectivity index (χ4n) is 2.00. The molecule has 1 saturated carbocycles. The number of hydrogen-bond acceptors (Lipinski definition) is 5. The van der Waals surface area contributed by atoms with Crippen molar-refractivity contribution in [3.63, 3.8) is 0 Å². The Morgan fingerprint density at radius 1 is 1.35 bits per heavy atom. The van der Waals surface area contributed by atoms with Crippen molar-refractivity contribution in [2.45, 2.75) is 18.9 Å². The average molecular weight is 300 g/mol. The molecule has 0 unspecified atom stereocenters. The van der Waals surface area contributed by atoms with Gasteiger partial charge in [0.25, 0.3) is 0 Å². The van der Waals surface area contributed by atoms with E-state index in [9.17, 15) is 8.42 Å². The summed E-state index contributed by atoms with van der Waals surface area (Å²) < 4.78 is 31.1. The summed E-state index contributed by atoms with van der Waals surface area (Å²) in [6, 6.07) is 7.02. The normalized spacial score (nSPS) is 15.5. The van der Waals surface area contributed by atoms with E-state index < -0.39 is 10.0 Å². The van der Waals surface area contributed by atoms with Crippen molar-refractivity contribution in [1.29, 1.82) is 0 Å². The maximum absolute atomic E-state index is 12.2. The monoisotopic (exact) mass is 300 g/mol. The average Bonchev–Trinajstić information content (AvgIpc) is 3.22. The third kappa shape index (κ3) is 3.84. The molecule has 1 aliphatic rings. The number of nitrogen functional groups attached to an aromatic ring is 1. The van der Waals surface area contributed by atoms with Crippen LogP contribution in [-0.2, 0) is 10.0 Å². The molecule has 0 radical (unpaired) electrons. The van der Waals surface area contributed by atoms with E-state index in [-0.39, 0.29) is 31.6 Å². The first kappa shape index (κ1) is 15.1. The van der Waals surface area contributed by atoms with Crippen molar-refractivity contribution >= 4 is 15.7 Å². The number of aliphatic hydroxyl groups excluding tert-OH is 1. The van der Waals surface area contributed by atoms with E-state index >= 15 is 0 Å². The highest BCUT2D eigenvalue weighted by atomic mass is 32.2. The predicted molar refractivity (Wildman–Crippen MR) is 77.0 cm³/mol. The van der Waals surface area contributed by atoms with Gasteiger partial charge in [-0.3, -0.25) is 0 Å². The summed E-state index contributed by atoms with van der Waals surface area (Å²) in [6.45, 7) is 0.0356. The number of anilines is 1. The standard InChI is InChI=1S/C13H20N2O4S/c14-12-3-1-2-4-13(12)19-9-10-20(17,18)15(7-8-16)11-5-6-11/h1-4,11,16H,5-10,14H2. The van der Waals surface area contributed by atoms with Gasteiger partial charge in [-0.15, -0.1) is 0 Å². The van der Waals surface area contributed by atoms with Crippen molar-refractivity contribution in [2.75, 3.05) is 31.2 Å². The minimum Gasteiger partial charge on any atom is -0.490 e. The van der Waals surface area contributed by atoms with Gasteiger partial charge < -0.3 is 15.6 Å². The largest absolute Gasteiger partial charge is 0.490 e. The summed E-state index contributed by atoms with van der Waals surface area (Å²) in [6.07, 6.45) is 1.73. The molecule has 7 heteroatoms. The first-order valence-corrected chi connectivity index (χ1v) is 8.23. The lowest BCUT2D eigenvalue weighted by Crippen LogP contribution is -2.38. The van der Waals surface area contributed by atoms with Gasteiger partial charge >= 0.3 is 0 Å². The van der Waals surface area contributed by atoms with E-state index in [2.05, 4.69) is 0 Å². The van der Waals surface area contributed by atoms with Crippen LogP contribution in [0.3, 0.4) is 0 Å². The third-order valence-electron chi connectivity index (χ3n) is 3.15. The van der Waals surface area contributed by atoms with Gasteiger partial charge in [0, 0.05) is 12.6 Å². The number of benzene rings is 1. The summed E-state index contributed by atoms with van der Waals surface area (Å²) in [5, 5.41) is 8.96. The smallest absolute Gasteiger partial charge is 0.217 e. The van der Waals surface area contributed by atoms with E-state index in [1.165, 1.54) is 4.31 Å². The van der Waals surface area contributed by atoms with Crippen molar-refractivity contribution in [1.82, 2.24) is 4.31 Å². The van der Waals surface area contributed by atoms with Crippen LogP contribution in [0.2, 0.25) is 0 Å². The molecular formula is C13H20N2O4S. The van der Waals surface area contributed by atoms with E-state index in [1.807, 2.05) is 0 Å². The van der Waals surface area contributed by atoms with Crippen LogP contribution in [0, 0.1) is 0 Å². The zero-order valence-corrected chi connectivity index (χ0v) is 12.1. The zero-order valence-electron chi connectivity index (χ0n) is 11.2. The van der Waals surface area contributed by atoms with Crippen LogP contribution in [0.4, 0.5) is 5.69 Å². The number of rotatable bonds is 8. The van der Waals surface area contributed by atoms with Gasteiger partial charge in [0.15, 0.2) is 0 Å². The summed E-state index contributed by atoms with van der Waals surface area (Å²) in [5.41, 5.74) is 6.20. The van der Waals surface area contributed by atoms with Gasteiger partial charge in [0.1, 0.15) is 12.4 Å². The zero-order chi connectivity index (χ0) is 14.6. The SMILES string of the molecule is Nc1ccccc1OCCS(=O)(=O)N(CCO)C1CC1. The molecule has 1 aliphatic carbocycles. The van der Waals surface area contributed by atoms with Gasteiger partial charge in [0.05, 0.1) is 18.0 Å². The lowest BCUT2D eigenvalue weighted by atomic mass is 10.3. The van der Waals surface area contributed by atoms with Crippen LogP contribution in [-0.4, -0.2) is 49.4 Å². The Kier molecular flexibility index (Phi) is 4.85. The Morgan fingerprint density at radius 3 is 2.65 bits per heavy atom.